The number of likely N-dealkylation sites (tertiary alicyclic amines) is 1. The molecule has 9 nitrogen and oxygen atoms in total. The number of pyridine rings is 1. The molecule has 2 aliphatic rings. The van der Waals surface area contributed by atoms with E-state index in [4.69, 9.17) is 0 Å². The molecule has 0 radical (unpaired) electrons. The van der Waals surface area contributed by atoms with E-state index in [0.29, 0.717) is 32.6 Å². The van der Waals surface area contributed by atoms with Crippen molar-refractivity contribution in [1.29, 1.82) is 0 Å². The molecule has 0 bridgehead atoms. The fourth-order valence-electron chi connectivity index (χ4n) is 4.34. The first-order valence-electron chi connectivity index (χ1n) is 11.1. The predicted octanol–water partition coefficient (Wildman–Crippen LogP) is 1.15. The molecule has 2 saturated heterocycles. The molecular formula is C22H33N5O4. The molecule has 31 heavy (non-hydrogen) atoms. The number of methoxy groups -OCH3 is 1. The first kappa shape index (κ1) is 23.0. The van der Waals surface area contributed by atoms with Crippen LogP contribution in [-0.4, -0.2) is 78.6 Å². The molecule has 0 unspecified atom stereocenters. The van der Waals surface area contributed by atoms with E-state index in [2.05, 4.69) is 25.3 Å². The quantitative estimate of drug-likeness (QED) is 0.693. The Kier molecular flexibility index (Phi) is 8.63. The fraction of sp³-hybridized carbons (Fsp3) is 0.636. The summed E-state index contributed by atoms with van der Waals surface area (Å²) in [6.07, 6.45) is 8.41. The third kappa shape index (κ3) is 6.65. The van der Waals surface area contributed by atoms with Crippen molar-refractivity contribution in [1.82, 2.24) is 25.4 Å². The van der Waals surface area contributed by atoms with E-state index in [1.54, 1.807) is 17.3 Å². The highest BCUT2D eigenvalue weighted by molar-refractivity contribution is 5.82. The molecule has 0 spiro atoms. The number of ether oxygens (including phenoxy) is 1. The van der Waals surface area contributed by atoms with Crippen LogP contribution in [0.4, 0.5) is 4.79 Å². The van der Waals surface area contributed by atoms with E-state index in [1.165, 1.54) is 7.11 Å². The van der Waals surface area contributed by atoms with E-state index in [-0.39, 0.29) is 30.4 Å². The van der Waals surface area contributed by atoms with Gasteiger partial charge in [-0.15, -0.1) is 0 Å². The number of carbonyl (C=O) groups is 3. The summed E-state index contributed by atoms with van der Waals surface area (Å²) < 4.78 is 4.60. The lowest BCUT2D eigenvalue weighted by Crippen LogP contribution is -2.59. The third-order valence-corrected chi connectivity index (χ3v) is 6.09. The second-order valence-corrected chi connectivity index (χ2v) is 8.17. The normalized spacial score (nSPS) is 23.1. The number of piperidine rings is 1. The summed E-state index contributed by atoms with van der Waals surface area (Å²) in [7, 11) is 1.29. The van der Waals surface area contributed by atoms with Gasteiger partial charge in [-0.1, -0.05) is 12.8 Å². The molecule has 1 aromatic rings. The average Bonchev–Trinajstić information content (AvgIpc) is 2.83. The van der Waals surface area contributed by atoms with Gasteiger partial charge < -0.3 is 20.3 Å². The van der Waals surface area contributed by atoms with E-state index < -0.39 is 5.97 Å². The Morgan fingerprint density at radius 2 is 1.97 bits per heavy atom. The molecule has 0 aliphatic carbocycles. The van der Waals surface area contributed by atoms with Crippen LogP contribution in [0.25, 0.3) is 0 Å². The number of amides is 3. The van der Waals surface area contributed by atoms with Crippen LogP contribution >= 0.6 is 0 Å². The fourth-order valence-corrected chi connectivity index (χ4v) is 4.34. The number of aromatic nitrogens is 1. The van der Waals surface area contributed by atoms with Crippen LogP contribution in [0, 0.1) is 5.92 Å². The molecule has 3 amide bonds. The third-order valence-electron chi connectivity index (χ3n) is 6.09. The van der Waals surface area contributed by atoms with E-state index in [0.717, 1.165) is 37.8 Å². The van der Waals surface area contributed by atoms with Gasteiger partial charge in [0.1, 0.15) is 6.54 Å². The van der Waals surface area contributed by atoms with Gasteiger partial charge in [0, 0.05) is 44.6 Å². The lowest BCUT2D eigenvalue weighted by Gasteiger charge is -2.43. The van der Waals surface area contributed by atoms with Crippen LogP contribution in [0.1, 0.15) is 37.7 Å². The average molecular weight is 432 g/mol. The Morgan fingerprint density at radius 3 is 2.74 bits per heavy atom. The van der Waals surface area contributed by atoms with Gasteiger partial charge in [-0.2, -0.15) is 0 Å². The van der Waals surface area contributed by atoms with Gasteiger partial charge in [-0.05, 0) is 43.5 Å². The number of nitrogens with one attached hydrogen (secondary N) is 2. The van der Waals surface area contributed by atoms with Crippen molar-refractivity contribution in [3.63, 3.8) is 0 Å². The Hall–Kier alpha value is -2.68. The zero-order valence-electron chi connectivity index (χ0n) is 18.2. The first-order valence-corrected chi connectivity index (χ1v) is 11.1. The summed E-state index contributed by atoms with van der Waals surface area (Å²) in [4.78, 5) is 45.2. The lowest BCUT2D eigenvalue weighted by molar-refractivity contribution is -0.139. The maximum Gasteiger partial charge on any atom is 0.325 e. The molecule has 170 valence electrons. The number of rotatable bonds is 4. The van der Waals surface area contributed by atoms with Crippen LogP contribution in [-0.2, 0) is 20.9 Å². The lowest BCUT2D eigenvalue weighted by atomic mass is 9.89. The molecule has 2 fully saturated rings. The first-order chi connectivity index (χ1) is 15.1. The van der Waals surface area contributed by atoms with E-state index in [9.17, 15) is 14.4 Å². The monoisotopic (exact) mass is 431 g/mol. The highest BCUT2D eigenvalue weighted by Gasteiger charge is 2.39. The topological polar surface area (TPSA) is 104 Å². The molecule has 0 saturated carbocycles. The smallest absolute Gasteiger partial charge is 0.325 e. The van der Waals surface area contributed by atoms with Gasteiger partial charge in [0.05, 0.1) is 13.0 Å². The molecule has 3 heterocycles. The molecule has 2 atom stereocenters. The minimum atomic E-state index is -0.489. The van der Waals surface area contributed by atoms with Crippen molar-refractivity contribution in [2.24, 2.45) is 5.92 Å². The van der Waals surface area contributed by atoms with Crippen LogP contribution in [0.5, 0.6) is 0 Å². The number of nitrogens with zero attached hydrogens (tertiary/aromatic N) is 3. The van der Waals surface area contributed by atoms with Crippen LogP contribution in [0.15, 0.2) is 24.5 Å². The summed E-state index contributed by atoms with van der Waals surface area (Å²) in [6.45, 7) is 3.03. The second-order valence-electron chi connectivity index (χ2n) is 8.17. The summed E-state index contributed by atoms with van der Waals surface area (Å²) in [5, 5.41) is 5.72. The number of carbonyl (C=O) groups excluding carboxylic acids is 3. The highest BCUT2D eigenvalue weighted by Crippen LogP contribution is 2.26. The Morgan fingerprint density at radius 1 is 1.19 bits per heavy atom. The van der Waals surface area contributed by atoms with E-state index >= 15 is 0 Å². The Balaban J connectivity index is 1.77. The number of urea groups is 1. The van der Waals surface area contributed by atoms with Crippen LogP contribution in [0.3, 0.4) is 0 Å². The van der Waals surface area contributed by atoms with Crippen molar-refractivity contribution < 1.29 is 19.1 Å². The molecule has 2 aliphatic heterocycles. The van der Waals surface area contributed by atoms with Crippen molar-refractivity contribution >= 4 is 17.9 Å². The van der Waals surface area contributed by atoms with E-state index in [1.807, 2.05) is 12.1 Å². The van der Waals surface area contributed by atoms with Gasteiger partial charge in [0.25, 0.3) is 0 Å². The van der Waals surface area contributed by atoms with Gasteiger partial charge in [-0.25, -0.2) is 4.79 Å². The minimum Gasteiger partial charge on any atom is -0.468 e. The maximum atomic E-state index is 13.0. The minimum absolute atomic E-state index is 0.0706. The second kappa shape index (κ2) is 11.6. The van der Waals surface area contributed by atoms with Gasteiger partial charge in [-0.3, -0.25) is 19.5 Å². The SMILES string of the molecule is COC(=O)CNC(=O)N1CC[C@H]2C(=O)NCCCCCCN(Cc3ccncc3)[C@@H]2C1. The number of hydrogen-bond donors (Lipinski definition) is 2. The standard InChI is InChI=1S/C22H33N5O4/c1-31-20(28)14-25-22(30)27-13-8-18-19(16-27)26(15-17-6-10-23-11-7-17)12-5-3-2-4-9-24-21(18)29/h6-7,10-11,18-19H,2-5,8-9,12-16H2,1H3,(H,24,29)(H,25,30)/t18-,19-/m1/s1. The molecule has 0 aromatic carbocycles. The van der Waals surface area contributed by atoms with Gasteiger partial charge in [0.2, 0.25) is 5.91 Å². The van der Waals surface area contributed by atoms with Gasteiger partial charge >= 0.3 is 12.0 Å². The van der Waals surface area contributed by atoms with Gasteiger partial charge in [0.15, 0.2) is 0 Å². The predicted molar refractivity (Wildman–Crippen MR) is 115 cm³/mol. The summed E-state index contributed by atoms with van der Waals surface area (Å²) >= 11 is 0. The molecule has 2 N–H and O–H groups in total. The molecule has 3 rings (SSSR count). The Labute approximate surface area is 183 Å². The number of hydrogen-bond acceptors (Lipinski definition) is 6. The number of esters is 1. The Bertz CT molecular complexity index is 745. The largest absolute Gasteiger partial charge is 0.468 e. The number of fused-ring (bicyclic) bond motifs is 1. The van der Waals surface area contributed by atoms with Crippen molar-refractivity contribution in [2.75, 3.05) is 39.8 Å². The molecular weight excluding hydrogens is 398 g/mol. The van der Waals surface area contributed by atoms with Crippen molar-refractivity contribution in [3.05, 3.63) is 30.1 Å². The molecule has 1 aromatic heterocycles. The van der Waals surface area contributed by atoms with Crippen LogP contribution < -0.4 is 10.6 Å². The highest BCUT2D eigenvalue weighted by atomic mass is 16.5. The van der Waals surface area contributed by atoms with Crippen molar-refractivity contribution in [3.8, 4) is 0 Å². The zero-order chi connectivity index (χ0) is 22.1. The summed E-state index contributed by atoms with van der Waals surface area (Å²) in [6, 6.07) is 3.58. The van der Waals surface area contributed by atoms with Crippen LogP contribution in [0.2, 0.25) is 0 Å². The maximum absolute atomic E-state index is 13.0. The summed E-state index contributed by atoms with van der Waals surface area (Å²) in [5.41, 5.74) is 1.14. The zero-order valence-corrected chi connectivity index (χ0v) is 18.2. The summed E-state index contributed by atoms with van der Waals surface area (Å²) in [5.74, 6) is -0.595. The van der Waals surface area contributed by atoms with Crippen molar-refractivity contribution in [2.45, 2.75) is 44.7 Å². The molecule has 9 heteroatoms.